The first kappa shape index (κ1) is 66.1. The van der Waals surface area contributed by atoms with Gasteiger partial charge < -0.3 is 28.7 Å². The van der Waals surface area contributed by atoms with Crippen LogP contribution < -0.4 is 28.7 Å². The Hall–Kier alpha value is -9.32. The molecule has 0 saturated carbocycles. The van der Waals surface area contributed by atoms with Crippen LogP contribution in [-0.4, -0.2) is 26.4 Å². The van der Waals surface area contributed by atoms with Gasteiger partial charge in [-0.25, -0.2) is 10.1 Å². The number of nitrogens with zero attached hydrogens (tertiary/aromatic N) is 4. The predicted molar refractivity (Wildman–Crippen MR) is 396 cm³/mol. The van der Waals surface area contributed by atoms with Gasteiger partial charge in [0.25, 0.3) is 5.70 Å². The summed E-state index contributed by atoms with van der Waals surface area (Å²) in [5, 5.41) is 10.5. The van der Waals surface area contributed by atoms with Crippen LogP contribution in [0.1, 0.15) is 142 Å². The maximum absolute atomic E-state index is 10.5. The van der Waals surface area contributed by atoms with E-state index in [9.17, 15) is 5.26 Å². The van der Waals surface area contributed by atoms with Crippen molar-refractivity contribution >= 4 is 62.4 Å². The van der Waals surface area contributed by atoms with Crippen molar-refractivity contribution in [3.05, 3.63) is 234 Å². The van der Waals surface area contributed by atoms with Crippen LogP contribution in [0.2, 0.25) is 0 Å². The number of ether oxygens (including phenoxy) is 4. The van der Waals surface area contributed by atoms with Gasteiger partial charge >= 0.3 is 0 Å². The Labute approximate surface area is 566 Å². The zero-order valence-corrected chi connectivity index (χ0v) is 56.6. The van der Waals surface area contributed by atoms with Gasteiger partial charge in [-0.1, -0.05) is 153 Å². The Balaban J connectivity index is 0.805. The number of unbranched alkanes of at least 4 members (excludes halogenated alkanes) is 12. The second-order valence-corrected chi connectivity index (χ2v) is 26.3. The summed E-state index contributed by atoms with van der Waals surface area (Å²) >= 11 is 3.47. The van der Waals surface area contributed by atoms with Gasteiger partial charge in [0.05, 0.1) is 39.1 Å². The number of allylic oxidation sites excluding steroid dienone is 1. The fourth-order valence-electron chi connectivity index (χ4n) is 12.2. The molecule has 10 aromatic rings. The molecule has 0 unspecified atom stereocenters. The van der Waals surface area contributed by atoms with E-state index in [1.807, 2.05) is 0 Å². The standard InChI is InChI=1S/C84H86N4O4S2/c1-6-10-14-18-54-89-71-40-32-67(33-41-71)87(68-34-42-72(43-35-68)90-55-19-15-11-7-2)65-28-22-61(23-29-65)80-50-52-82(93-80)63-26-48-75-76-49-27-64(59-78(76)84(77(75)58-63)79(60-85)86-5)83-53-51-81(94-83)62-24-30-66(31-25-62)88(69-36-44-73(45-37-69)91-56-20-16-12-8-3)70-38-46-74(47-39-70)92-57-21-17-13-9-4/h22-53,58-59H,6-21,54-57H2,1-4H3. The van der Waals surface area contributed by atoms with Crippen LogP contribution in [0.15, 0.2) is 212 Å². The van der Waals surface area contributed by atoms with E-state index in [0.29, 0.717) is 5.57 Å². The van der Waals surface area contributed by atoms with Gasteiger partial charge in [0, 0.05) is 59.2 Å². The summed E-state index contributed by atoms with van der Waals surface area (Å²) in [6, 6.07) is 75.3. The lowest BCUT2D eigenvalue weighted by Gasteiger charge is -2.26. The van der Waals surface area contributed by atoms with Gasteiger partial charge in [0.1, 0.15) is 23.0 Å². The van der Waals surface area contributed by atoms with Crippen molar-refractivity contribution in [3.63, 3.8) is 0 Å². The molecule has 0 radical (unpaired) electrons. The van der Waals surface area contributed by atoms with Crippen LogP contribution >= 0.6 is 22.7 Å². The molecule has 0 bridgehead atoms. The van der Waals surface area contributed by atoms with Crippen molar-refractivity contribution in [2.24, 2.45) is 0 Å². The van der Waals surface area contributed by atoms with Crippen molar-refractivity contribution < 1.29 is 18.9 Å². The minimum Gasteiger partial charge on any atom is -0.494 e. The van der Waals surface area contributed by atoms with Crippen molar-refractivity contribution in [1.29, 1.82) is 5.26 Å². The number of rotatable bonds is 34. The number of thiophene rings is 2. The molecule has 478 valence electrons. The molecule has 8 nitrogen and oxygen atoms in total. The molecule has 0 amide bonds. The summed E-state index contributed by atoms with van der Waals surface area (Å²) in [6.45, 7) is 20.0. The van der Waals surface area contributed by atoms with E-state index in [1.54, 1.807) is 22.7 Å². The van der Waals surface area contributed by atoms with Crippen LogP contribution in [0.25, 0.3) is 63.3 Å². The number of anilines is 6. The number of hydrogen-bond donors (Lipinski definition) is 0. The highest BCUT2D eigenvalue weighted by Gasteiger charge is 2.28. The van der Waals surface area contributed by atoms with Crippen molar-refractivity contribution in [1.82, 2.24) is 0 Å². The Bertz CT molecular complexity index is 3770. The van der Waals surface area contributed by atoms with E-state index in [2.05, 4.69) is 255 Å². The molecule has 0 saturated heterocycles. The molecule has 2 heterocycles. The quantitative estimate of drug-likeness (QED) is 0.0226. The largest absolute Gasteiger partial charge is 0.494 e. The molecule has 10 heteroatoms. The van der Waals surface area contributed by atoms with Crippen molar-refractivity contribution in [3.8, 4) is 82.0 Å². The van der Waals surface area contributed by atoms with Gasteiger partial charge in [-0.15, -0.1) is 22.7 Å². The first-order chi connectivity index (χ1) is 46.4. The first-order valence-electron chi connectivity index (χ1n) is 34.1. The molecule has 0 fully saturated rings. The average Bonchev–Trinajstić information content (AvgIpc) is 1.57. The summed E-state index contributed by atoms with van der Waals surface area (Å²) in [5.41, 5.74) is 15.2. The molecule has 0 aliphatic heterocycles. The normalized spacial score (nSPS) is 11.4. The van der Waals surface area contributed by atoms with E-state index in [4.69, 9.17) is 25.5 Å². The molecule has 1 aliphatic rings. The van der Waals surface area contributed by atoms with Crippen molar-refractivity contribution in [2.45, 2.75) is 130 Å². The maximum Gasteiger partial charge on any atom is 0.270 e. The third-order valence-corrected chi connectivity index (χ3v) is 19.7. The third-order valence-electron chi connectivity index (χ3n) is 17.4. The molecule has 0 N–H and O–H groups in total. The Kier molecular flexibility index (Phi) is 23.6. The molecular weight excluding hydrogens is 1190 g/mol. The third kappa shape index (κ3) is 16.5. The molecule has 8 aromatic carbocycles. The van der Waals surface area contributed by atoms with Crippen LogP contribution in [-0.2, 0) is 0 Å². The Morgan fingerprint density at radius 3 is 0.872 bits per heavy atom. The highest BCUT2D eigenvalue weighted by Crippen LogP contribution is 2.50. The number of nitriles is 1. The molecule has 0 spiro atoms. The van der Waals surface area contributed by atoms with E-state index < -0.39 is 0 Å². The fourth-order valence-corrected chi connectivity index (χ4v) is 14.2. The molecule has 94 heavy (non-hydrogen) atoms. The lowest BCUT2D eigenvalue weighted by Crippen LogP contribution is -2.10. The number of benzene rings is 8. The lowest BCUT2D eigenvalue weighted by molar-refractivity contribution is 0.305. The highest BCUT2D eigenvalue weighted by atomic mass is 32.1. The zero-order chi connectivity index (χ0) is 64.9. The molecule has 0 atom stereocenters. The van der Waals surface area contributed by atoms with Crippen LogP contribution in [0, 0.1) is 17.9 Å². The average molecular weight is 1280 g/mol. The van der Waals surface area contributed by atoms with E-state index in [-0.39, 0.29) is 5.70 Å². The first-order valence-corrected chi connectivity index (χ1v) is 35.7. The second-order valence-electron chi connectivity index (χ2n) is 24.2. The summed E-state index contributed by atoms with van der Waals surface area (Å²) in [6.07, 6.45) is 18.7. The van der Waals surface area contributed by atoms with Gasteiger partial charge in [-0.3, -0.25) is 0 Å². The van der Waals surface area contributed by atoms with Gasteiger partial charge in [0.15, 0.2) is 0 Å². The zero-order valence-electron chi connectivity index (χ0n) is 55.0. The molecule has 11 rings (SSSR count). The summed E-state index contributed by atoms with van der Waals surface area (Å²) in [5.74, 6) is 3.51. The molecule has 2 aromatic heterocycles. The predicted octanol–water partition coefficient (Wildman–Crippen LogP) is 25.4. The van der Waals surface area contributed by atoms with Crippen LogP contribution in [0.5, 0.6) is 23.0 Å². The van der Waals surface area contributed by atoms with Gasteiger partial charge in [0.2, 0.25) is 0 Å². The smallest absolute Gasteiger partial charge is 0.270 e. The SMILES string of the molecule is [C-]#[N+]C(C#N)=C1c2cc(-c3ccc(-c4ccc(N(c5ccc(OCCCCCC)cc5)c5ccc(OCCCCCC)cc5)cc4)s3)ccc2-c2ccc(-c3ccc(-c4ccc(N(c5ccc(OCCCCCC)cc5)c5ccc(OCCCCCC)cc5)cc4)s3)cc21. The monoisotopic (exact) mass is 1280 g/mol. The minimum absolute atomic E-state index is 0.0876. The minimum atomic E-state index is 0.0876. The summed E-state index contributed by atoms with van der Waals surface area (Å²) in [7, 11) is 0. The molecular formula is C84H86N4O4S2. The van der Waals surface area contributed by atoms with Crippen molar-refractivity contribution in [2.75, 3.05) is 36.2 Å². The summed E-state index contributed by atoms with van der Waals surface area (Å²) in [4.78, 5) is 12.9. The summed E-state index contributed by atoms with van der Waals surface area (Å²) < 4.78 is 24.6. The lowest BCUT2D eigenvalue weighted by atomic mass is 9.99. The molecule has 1 aliphatic carbocycles. The second kappa shape index (κ2) is 33.5. The fraction of sp³-hybridized carbons (Fsp3) is 0.286. The number of fused-ring (bicyclic) bond motifs is 3. The van der Waals surface area contributed by atoms with Gasteiger partial charge in [-0.2, -0.15) is 0 Å². The van der Waals surface area contributed by atoms with Crippen LogP contribution in [0.4, 0.5) is 34.1 Å². The van der Waals surface area contributed by atoms with E-state index in [0.717, 1.165) is 173 Å². The van der Waals surface area contributed by atoms with Gasteiger partial charge in [-0.05, 0) is 228 Å². The maximum atomic E-state index is 10.5. The van der Waals surface area contributed by atoms with E-state index in [1.165, 1.54) is 77.0 Å². The Morgan fingerprint density at radius 1 is 0.340 bits per heavy atom. The Morgan fingerprint density at radius 2 is 0.606 bits per heavy atom. The van der Waals surface area contributed by atoms with E-state index >= 15 is 0 Å². The number of hydrogen-bond acceptors (Lipinski definition) is 9. The van der Waals surface area contributed by atoms with Crippen LogP contribution in [0.3, 0.4) is 0 Å². The highest BCUT2D eigenvalue weighted by molar-refractivity contribution is 7.19. The topological polar surface area (TPSA) is 71.6 Å².